The summed E-state index contributed by atoms with van der Waals surface area (Å²) < 4.78 is 14.0. The Morgan fingerprint density at radius 2 is 2.07 bits per heavy atom. The number of halogens is 1. The topological polar surface area (TPSA) is 54.9 Å². The van der Waals surface area contributed by atoms with Gasteiger partial charge in [0.25, 0.3) is 5.56 Å². The number of aryl methyl sites for hydroxylation is 1. The average Bonchev–Trinajstić information content (AvgIpc) is 2.14. The SMILES string of the molecule is Cn1c(=O)[nH]c(=O)c2ccc(F)cc21. The molecule has 0 saturated heterocycles. The lowest BCUT2D eigenvalue weighted by Crippen LogP contribution is -2.28. The van der Waals surface area contributed by atoms with Gasteiger partial charge < -0.3 is 0 Å². The fourth-order valence-corrected chi connectivity index (χ4v) is 1.33. The molecule has 0 bridgehead atoms. The summed E-state index contributed by atoms with van der Waals surface area (Å²) in [7, 11) is 1.47. The molecule has 0 radical (unpaired) electrons. The molecule has 1 heterocycles. The number of fused-ring (bicyclic) bond motifs is 1. The Labute approximate surface area is 77.6 Å². The highest BCUT2D eigenvalue weighted by molar-refractivity contribution is 5.77. The first kappa shape index (κ1) is 8.68. The van der Waals surface area contributed by atoms with Gasteiger partial charge in [0, 0.05) is 7.05 Å². The summed E-state index contributed by atoms with van der Waals surface area (Å²) in [5, 5.41) is 0.300. The Balaban J connectivity index is 3.11. The van der Waals surface area contributed by atoms with Crippen LogP contribution in [0.4, 0.5) is 4.39 Å². The monoisotopic (exact) mass is 194 g/mol. The maximum atomic E-state index is 12.9. The van der Waals surface area contributed by atoms with Crippen molar-refractivity contribution in [3.8, 4) is 0 Å². The van der Waals surface area contributed by atoms with E-state index in [1.165, 1.54) is 23.7 Å². The van der Waals surface area contributed by atoms with Crippen molar-refractivity contribution < 1.29 is 4.39 Å². The Morgan fingerprint density at radius 1 is 1.36 bits per heavy atom. The third-order valence-corrected chi connectivity index (χ3v) is 2.09. The van der Waals surface area contributed by atoms with Crippen LogP contribution in [0.3, 0.4) is 0 Å². The Bertz CT molecular complexity index is 612. The van der Waals surface area contributed by atoms with E-state index in [0.29, 0.717) is 10.9 Å². The van der Waals surface area contributed by atoms with Crippen LogP contribution in [0.2, 0.25) is 0 Å². The van der Waals surface area contributed by atoms with Gasteiger partial charge in [0.1, 0.15) is 5.82 Å². The summed E-state index contributed by atoms with van der Waals surface area (Å²) in [4.78, 5) is 24.6. The smallest absolute Gasteiger partial charge is 0.296 e. The van der Waals surface area contributed by atoms with Gasteiger partial charge in [0.2, 0.25) is 0 Å². The van der Waals surface area contributed by atoms with E-state index in [2.05, 4.69) is 4.98 Å². The van der Waals surface area contributed by atoms with E-state index >= 15 is 0 Å². The molecule has 0 aliphatic carbocycles. The Hall–Kier alpha value is -1.91. The zero-order chi connectivity index (χ0) is 10.3. The summed E-state index contributed by atoms with van der Waals surface area (Å²) in [5.41, 5.74) is -0.755. The third kappa shape index (κ3) is 1.14. The van der Waals surface area contributed by atoms with Crippen LogP contribution in [0.5, 0.6) is 0 Å². The van der Waals surface area contributed by atoms with Gasteiger partial charge in [-0.1, -0.05) is 0 Å². The predicted molar refractivity (Wildman–Crippen MR) is 49.8 cm³/mol. The molecule has 0 aliphatic rings. The van der Waals surface area contributed by atoms with Crippen molar-refractivity contribution in [2.24, 2.45) is 7.05 Å². The minimum absolute atomic E-state index is 0.291. The van der Waals surface area contributed by atoms with Gasteiger partial charge in [-0.05, 0) is 18.2 Å². The van der Waals surface area contributed by atoms with Gasteiger partial charge in [-0.15, -0.1) is 0 Å². The van der Waals surface area contributed by atoms with Gasteiger partial charge in [-0.2, -0.15) is 0 Å². The zero-order valence-corrected chi connectivity index (χ0v) is 7.37. The second-order valence-corrected chi connectivity index (χ2v) is 2.98. The molecule has 0 saturated carbocycles. The van der Waals surface area contributed by atoms with Crippen molar-refractivity contribution in [1.29, 1.82) is 0 Å². The zero-order valence-electron chi connectivity index (χ0n) is 7.37. The number of aromatic nitrogens is 2. The summed E-state index contributed by atoms with van der Waals surface area (Å²) in [6, 6.07) is 3.69. The number of benzene rings is 1. The molecule has 0 spiro atoms. The molecule has 0 atom stereocenters. The molecule has 0 unspecified atom stereocenters. The largest absolute Gasteiger partial charge is 0.328 e. The molecule has 2 rings (SSSR count). The molecule has 5 heteroatoms. The number of hydrogen-bond acceptors (Lipinski definition) is 2. The molecule has 72 valence electrons. The normalized spacial score (nSPS) is 10.7. The maximum Gasteiger partial charge on any atom is 0.328 e. The molecule has 1 N–H and O–H groups in total. The molecule has 1 aromatic carbocycles. The van der Waals surface area contributed by atoms with E-state index in [-0.39, 0.29) is 0 Å². The summed E-state index contributed by atoms with van der Waals surface area (Å²) in [6.07, 6.45) is 0. The lowest BCUT2D eigenvalue weighted by atomic mass is 10.2. The highest BCUT2D eigenvalue weighted by Crippen LogP contribution is 2.08. The van der Waals surface area contributed by atoms with E-state index in [0.717, 1.165) is 6.07 Å². The molecule has 14 heavy (non-hydrogen) atoms. The summed E-state index contributed by atoms with van der Waals surface area (Å²) in [5.74, 6) is -0.474. The van der Waals surface area contributed by atoms with Gasteiger partial charge in [-0.3, -0.25) is 14.3 Å². The fraction of sp³-hybridized carbons (Fsp3) is 0.111. The van der Waals surface area contributed by atoms with Gasteiger partial charge in [0.05, 0.1) is 10.9 Å². The van der Waals surface area contributed by atoms with Crippen molar-refractivity contribution in [3.05, 3.63) is 44.9 Å². The van der Waals surface area contributed by atoms with E-state index in [1.807, 2.05) is 0 Å². The minimum Gasteiger partial charge on any atom is -0.296 e. The number of nitrogens with one attached hydrogen (secondary N) is 1. The molecule has 0 amide bonds. The van der Waals surface area contributed by atoms with Crippen LogP contribution in [0.25, 0.3) is 10.9 Å². The number of rotatable bonds is 0. The van der Waals surface area contributed by atoms with E-state index in [4.69, 9.17) is 0 Å². The van der Waals surface area contributed by atoms with Crippen molar-refractivity contribution in [1.82, 2.24) is 9.55 Å². The van der Waals surface area contributed by atoms with Crippen LogP contribution >= 0.6 is 0 Å². The number of nitrogens with zero attached hydrogens (tertiary/aromatic N) is 1. The Morgan fingerprint density at radius 3 is 2.79 bits per heavy atom. The van der Waals surface area contributed by atoms with Gasteiger partial charge in [-0.25, -0.2) is 9.18 Å². The minimum atomic E-state index is -0.548. The summed E-state index contributed by atoms with van der Waals surface area (Å²) >= 11 is 0. The number of hydrogen-bond donors (Lipinski definition) is 1. The molecule has 4 nitrogen and oxygen atoms in total. The van der Waals surface area contributed by atoms with Crippen molar-refractivity contribution in [3.63, 3.8) is 0 Å². The summed E-state index contributed by atoms with van der Waals surface area (Å²) in [6.45, 7) is 0. The molecule has 0 fully saturated rings. The van der Waals surface area contributed by atoms with Gasteiger partial charge >= 0.3 is 5.69 Å². The first-order valence-corrected chi connectivity index (χ1v) is 3.98. The van der Waals surface area contributed by atoms with Crippen LogP contribution < -0.4 is 11.2 Å². The van der Waals surface area contributed by atoms with Crippen LogP contribution in [0.15, 0.2) is 27.8 Å². The molecule has 1 aromatic heterocycles. The molecule has 2 aromatic rings. The average molecular weight is 194 g/mol. The maximum absolute atomic E-state index is 12.9. The first-order valence-electron chi connectivity index (χ1n) is 3.98. The standard InChI is InChI=1S/C9H7FN2O2/c1-12-7-4-5(10)2-3-6(7)8(13)11-9(12)14/h2-4H,1H3,(H,11,13,14). The molecule has 0 aliphatic heterocycles. The van der Waals surface area contributed by atoms with Crippen LogP contribution in [-0.2, 0) is 7.05 Å². The van der Waals surface area contributed by atoms with E-state index < -0.39 is 17.1 Å². The van der Waals surface area contributed by atoms with Crippen molar-refractivity contribution >= 4 is 10.9 Å². The second kappa shape index (κ2) is 2.80. The predicted octanol–water partition coefficient (Wildman–Crippen LogP) is 0.366. The lowest BCUT2D eigenvalue weighted by molar-refractivity contribution is 0.628. The van der Waals surface area contributed by atoms with Crippen molar-refractivity contribution in [2.45, 2.75) is 0 Å². The lowest BCUT2D eigenvalue weighted by Gasteiger charge is -2.02. The van der Waals surface area contributed by atoms with E-state index in [1.54, 1.807) is 0 Å². The number of H-pyrrole nitrogens is 1. The fourth-order valence-electron chi connectivity index (χ4n) is 1.33. The molecular weight excluding hydrogens is 187 g/mol. The second-order valence-electron chi connectivity index (χ2n) is 2.98. The van der Waals surface area contributed by atoms with Crippen LogP contribution in [0.1, 0.15) is 0 Å². The highest BCUT2D eigenvalue weighted by atomic mass is 19.1. The number of aromatic amines is 1. The van der Waals surface area contributed by atoms with Crippen molar-refractivity contribution in [2.75, 3.05) is 0 Å². The van der Waals surface area contributed by atoms with Crippen LogP contribution in [0, 0.1) is 5.82 Å². The molecular formula is C9H7FN2O2. The van der Waals surface area contributed by atoms with Gasteiger partial charge in [0.15, 0.2) is 0 Å². The highest BCUT2D eigenvalue weighted by Gasteiger charge is 2.04. The third-order valence-electron chi connectivity index (χ3n) is 2.09. The quantitative estimate of drug-likeness (QED) is 0.658. The first-order chi connectivity index (χ1) is 6.59. The Kier molecular flexibility index (Phi) is 1.73. The van der Waals surface area contributed by atoms with Crippen LogP contribution in [-0.4, -0.2) is 9.55 Å². The van der Waals surface area contributed by atoms with E-state index in [9.17, 15) is 14.0 Å².